The second-order valence-corrected chi connectivity index (χ2v) is 5.83. The Hall–Kier alpha value is -1.55. The largest absolute Gasteiger partial charge is 0.391 e. The second-order valence-electron chi connectivity index (χ2n) is 5.83. The average molecular weight is 290 g/mol. The van der Waals surface area contributed by atoms with Crippen molar-refractivity contribution in [1.82, 2.24) is 4.90 Å². The maximum atomic E-state index is 12.1. The molecule has 4 heteroatoms. The number of aryl methyl sites for hydroxylation is 1. The molecule has 1 fully saturated rings. The van der Waals surface area contributed by atoms with E-state index >= 15 is 0 Å². The van der Waals surface area contributed by atoms with Crippen molar-refractivity contribution in [3.8, 4) is 0 Å². The number of hydrogen-bond acceptors (Lipinski definition) is 2. The number of piperidine rings is 1. The number of urea groups is 1. The van der Waals surface area contributed by atoms with Crippen LogP contribution >= 0.6 is 0 Å². The lowest BCUT2D eigenvalue weighted by Crippen LogP contribution is -2.44. The number of carbonyl (C=O) groups excluding carboxylic acids is 1. The van der Waals surface area contributed by atoms with Crippen LogP contribution < -0.4 is 5.32 Å². The van der Waals surface area contributed by atoms with Crippen molar-refractivity contribution < 1.29 is 9.90 Å². The summed E-state index contributed by atoms with van der Waals surface area (Å²) in [6.07, 6.45) is 6.08. The number of rotatable bonds is 5. The monoisotopic (exact) mass is 290 g/mol. The molecule has 21 heavy (non-hydrogen) atoms. The van der Waals surface area contributed by atoms with Crippen LogP contribution in [-0.4, -0.2) is 35.2 Å². The van der Waals surface area contributed by atoms with E-state index in [1.807, 2.05) is 12.1 Å². The van der Waals surface area contributed by atoms with Crippen molar-refractivity contribution in [2.45, 2.75) is 51.6 Å². The summed E-state index contributed by atoms with van der Waals surface area (Å²) in [5.74, 6) is 0. The Balaban J connectivity index is 1.83. The van der Waals surface area contributed by atoms with Gasteiger partial charge in [0.15, 0.2) is 0 Å². The van der Waals surface area contributed by atoms with E-state index < -0.39 is 0 Å². The molecule has 1 unspecified atom stereocenters. The Morgan fingerprint density at radius 1 is 1.33 bits per heavy atom. The molecule has 1 aromatic carbocycles. The summed E-state index contributed by atoms with van der Waals surface area (Å²) in [4.78, 5) is 13.8. The smallest absolute Gasteiger partial charge is 0.321 e. The quantitative estimate of drug-likeness (QED) is 0.817. The first-order valence-electron chi connectivity index (χ1n) is 8.02. The summed E-state index contributed by atoms with van der Waals surface area (Å²) in [6, 6.07) is 7.96. The zero-order valence-corrected chi connectivity index (χ0v) is 12.8. The Kier molecular flexibility index (Phi) is 6.05. The van der Waals surface area contributed by atoms with Crippen LogP contribution in [0.3, 0.4) is 0 Å². The lowest BCUT2D eigenvalue weighted by Gasteiger charge is -2.30. The van der Waals surface area contributed by atoms with Crippen molar-refractivity contribution in [2.24, 2.45) is 0 Å². The van der Waals surface area contributed by atoms with Gasteiger partial charge in [0.2, 0.25) is 0 Å². The number of nitrogens with zero attached hydrogens (tertiary/aromatic N) is 1. The van der Waals surface area contributed by atoms with Gasteiger partial charge in [-0.2, -0.15) is 0 Å². The summed E-state index contributed by atoms with van der Waals surface area (Å²) in [5, 5.41) is 12.5. The molecule has 0 bridgehead atoms. The van der Waals surface area contributed by atoms with Crippen LogP contribution in [-0.2, 0) is 6.42 Å². The molecule has 2 rings (SSSR count). The van der Waals surface area contributed by atoms with Crippen molar-refractivity contribution in [3.05, 3.63) is 29.8 Å². The van der Waals surface area contributed by atoms with Crippen LogP contribution in [0.15, 0.2) is 24.3 Å². The number of carbonyl (C=O) groups is 1. The van der Waals surface area contributed by atoms with Gasteiger partial charge in [-0.25, -0.2) is 4.79 Å². The number of unbranched alkanes of at least 4 members (excludes halogenated alkanes) is 2. The van der Waals surface area contributed by atoms with Gasteiger partial charge in [-0.15, -0.1) is 0 Å². The fourth-order valence-corrected chi connectivity index (χ4v) is 2.68. The number of β-amino-alcohol motifs (C(OH)–C–C–N with tert-alkyl or cyclic N) is 1. The van der Waals surface area contributed by atoms with Crippen LogP contribution in [0.1, 0.15) is 44.6 Å². The molecule has 1 atom stereocenters. The summed E-state index contributed by atoms with van der Waals surface area (Å²) in [6.45, 7) is 3.36. The van der Waals surface area contributed by atoms with Crippen LogP contribution in [0.5, 0.6) is 0 Å². The van der Waals surface area contributed by atoms with Crippen LogP contribution in [0.2, 0.25) is 0 Å². The molecule has 0 radical (unpaired) electrons. The van der Waals surface area contributed by atoms with Crippen molar-refractivity contribution in [1.29, 1.82) is 0 Å². The topological polar surface area (TPSA) is 52.6 Å². The van der Waals surface area contributed by atoms with E-state index in [0.29, 0.717) is 6.54 Å². The number of aliphatic hydroxyl groups excluding tert-OH is 1. The van der Waals surface area contributed by atoms with Gasteiger partial charge in [-0.1, -0.05) is 31.9 Å². The first-order valence-corrected chi connectivity index (χ1v) is 8.02. The standard InChI is InChI=1S/C17H26N2O2/c1-2-3-4-6-14-8-10-15(11-9-14)18-17(21)19-12-5-7-16(20)13-19/h8-11,16,20H,2-7,12-13H2,1H3,(H,18,21). The lowest BCUT2D eigenvalue weighted by molar-refractivity contribution is 0.0883. The molecule has 116 valence electrons. The van der Waals surface area contributed by atoms with Gasteiger partial charge in [0.05, 0.1) is 6.10 Å². The molecule has 1 aromatic rings. The number of aliphatic hydroxyl groups is 1. The van der Waals surface area contributed by atoms with Gasteiger partial charge in [0, 0.05) is 18.8 Å². The molecule has 0 spiro atoms. The fourth-order valence-electron chi connectivity index (χ4n) is 2.68. The third-order valence-electron chi connectivity index (χ3n) is 3.96. The highest BCUT2D eigenvalue weighted by molar-refractivity contribution is 5.89. The number of amides is 2. The van der Waals surface area contributed by atoms with Crippen LogP contribution in [0.25, 0.3) is 0 Å². The van der Waals surface area contributed by atoms with E-state index in [1.54, 1.807) is 4.90 Å². The van der Waals surface area contributed by atoms with Crippen molar-refractivity contribution >= 4 is 11.7 Å². The second kappa shape index (κ2) is 8.03. The van der Waals surface area contributed by atoms with Crippen molar-refractivity contribution in [2.75, 3.05) is 18.4 Å². The van der Waals surface area contributed by atoms with Gasteiger partial charge in [0.1, 0.15) is 0 Å². The Labute approximate surface area is 127 Å². The van der Waals surface area contributed by atoms with Crippen molar-refractivity contribution in [3.63, 3.8) is 0 Å². The van der Waals surface area contributed by atoms with Gasteiger partial charge in [0.25, 0.3) is 0 Å². The fraction of sp³-hybridized carbons (Fsp3) is 0.588. The van der Waals surface area contributed by atoms with Crippen LogP contribution in [0, 0.1) is 0 Å². The molecule has 4 nitrogen and oxygen atoms in total. The molecule has 0 saturated carbocycles. The summed E-state index contributed by atoms with van der Waals surface area (Å²) < 4.78 is 0. The SMILES string of the molecule is CCCCCc1ccc(NC(=O)N2CCCC(O)C2)cc1. The average Bonchev–Trinajstić information content (AvgIpc) is 2.49. The zero-order valence-electron chi connectivity index (χ0n) is 12.8. The molecule has 0 aromatic heterocycles. The number of hydrogen-bond donors (Lipinski definition) is 2. The van der Waals surface area contributed by atoms with Gasteiger partial charge in [-0.3, -0.25) is 0 Å². The highest BCUT2D eigenvalue weighted by Gasteiger charge is 2.21. The minimum absolute atomic E-state index is 0.118. The minimum atomic E-state index is -0.384. The maximum absolute atomic E-state index is 12.1. The van der Waals surface area contributed by atoms with E-state index in [0.717, 1.165) is 31.5 Å². The van der Waals surface area contributed by atoms with Gasteiger partial charge >= 0.3 is 6.03 Å². The Bertz CT molecular complexity index is 445. The van der Waals surface area contributed by atoms with E-state index in [9.17, 15) is 9.90 Å². The first-order chi connectivity index (χ1) is 10.2. The molecule has 1 heterocycles. The van der Waals surface area contributed by atoms with E-state index in [4.69, 9.17) is 0 Å². The Morgan fingerprint density at radius 3 is 2.76 bits per heavy atom. The predicted molar refractivity (Wildman–Crippen MR) is 85.5 cm³/mol. The highest BCUT2D eigenvalue weighted by atomic mass is 16.3. The van der Waals surface area contributed by atoms with E-state index in [-0.39, 0.29) is 12.1 Å². The number of anilines is 1. The summed E-state index contributed by atoms with van der Waals surface area (Å²) >= 11 is 0. The van der Waals surface area contributed by atoms with E-state index in [1.165, 1.54) is 24.8 Å². The molecule has 2 N–H and O–H groups in total. The molecule has 1 aliphatic rings. The number of benzene rings is 1. The van der Waals surface area contributed by atoms with E-state index in [2.05, 4.69) is 24.4 Å². The predicted octanol–water partition coefficient (Wildman–Crippen LogP) is 3.41. The zero-order chi connectivity index (χ0) is 15.1. The molecule has 0 aliphatic carbocycles. The number of likely N-dealkylation sites (tertiary alicyclic amines) is 1. The Morgan fingerprint density at radius 2 is 2.10 bits per heavy atom. The molecule has 1 aliphatic heterocycles. The van der Waals surface area contributed by atoms with Crippen LogP contribution in [0.4, 0.5) is 10.5 Å². The maximum Gasteiger partial charge on any atom is 0.321 e. The van der Waals surface area contributed by atoms with Gasteiger partial charge < -0.3 is 15.3 Å². The highest BCUT2D eigenvalue weighted by Crippen LogP contribution is 2.15. The third kappa shape index (κ3) is 5.05. The summed E-state index contributed by atoms with van der Waals surface area (Å²) in [5.41, 5.74) is 2.13. The minimum Gasteiger partial charge on any atom is -0.391 e. The molecule has 2 amide bonds. The van der Waals surface area contributed by atoms with Gasteiger partial charge in [-0.05, 0) is 43.4 Å². The lowest BCUT2D eigenvalue weighted by atomic mass is 10.1. The number of nitrogens with one attached hydrogen (secondary N) is 1. The molecule has 1 saturated heterocycles. The summed E-state index contributed by atoms with van der Waals surface area (Å²) in [7, 11) is 0. The molecular weight excluding hydrogens is 264 g/mol. The molecular formula is C17H26N2O2. The first kappa shape index (κ1) is 15.8. The normalized spacial score (nSPS) is 18.6. The third-order valence-corrected chi connectivity index (χ3v) is 3.96.